The van der Waals surface area contributed by atoms with Crippen molar-refractivity contribution in [2.75, 3.05) is 13.2 Å². The Bertz CT molecular complexity index is 485. The fourth-order valence-electron chi connectivity index (χ4n) is 2.99. The molecule has 6 heteroatoms. The molecule has 2 unspecified atom stereocenters. The van der Waals surface area contributed by atoms with Gasteiger partial charge in [-0.1, -0.05) is 12.5 Å². The van der Waals surface area contributed by atoms with Crippen LogP contribution in [0, 0.1) is 5.92 Å². The molecule has 0 aromatic heterocycles. The maximum absolute atomic E-state index is 12.4. The molecule has 0 aliphatic heterocycles. The summed E-state index contributed by atoms with van der Waals surface area (Å²) in [7, 11) is 0. The molecule has 130 valence electrons. The molecule has 0 heterocycles. The van der Waals surface area contributed by atoms with Gasteiger partial charge in [-0.15, -0.1) is 0 Å². The average molecular weight is 329 g/mol. The molecule has 1 fully saturated rings. The third-order valence-electron chi connectivity index (χ3n) is 4.04. The molecule has 1 aromatic rings. The molecule has 1 aliphatic carbocycles. The number of hydrogen-bond acceptors (Lipinski definition) is 4. The summed E-state index contributed by atoms with van der Waals surface area (Å²) in [5.41, 5.74) is 0.950. The van der Waals surface area contributed by atoms with E-state index in [-0.39, 0.29) is 11.9 Å². The molecule has 0 bridgehead atoms. The first-order valence-corrected chi connectivity index (χ1v) is 8.17. The van der Waals surface area contributed by atoms with Crippen molar-refractivity contribution >= 4 is 0 Å². The standard InChI is InChI=1S/C17H25F2NO3/c1-2-22-16-9-13(6-7-15(16)23-17(18)19)11-20-10-12-4-3-5-14(21)8-12/h6-7,9,12,14,17,20-21H,2-5,8,10-11H2,1H3. The van der Waals surface area contributed by atoms with Gasteiger partial charge in [0.05, 0.1) is 12.7 Å². The quantitative estimate of drug-likeness (QED) is 0.768. The molecule has 2 rings (SSSR count). The zero-order valence-electron chi connectivity index (χ0n) is 13.4. The molecule has 23 heavy (non-hydrogen) atoms. The maximum atomic E-state index is 12.4. The minimum atomic E-state index is -2.86. The van der Waals surface area contributed by atoms with Crippen LogP contribution in [-0.4, -0.2) is 31.0 Å². The highest BCUT2D eigenvalue weighted by Gasteiger charge is 2.19. The lowest BCUT2D eigenvalue weighted by Gasteiger charge is -2.26. The van der Waals surface area contributed by atoms with Gasteiger partial charge in [0.1, 0.15) is 0 Å². The van der Waals surface area contributed by atoms with Crippen molar-refractivity contribution in [2.45, 2.75) is 51.9 Å². The number of rotatable bonds is 8. The minimum Gasteiger partial charge on any atom is -0.490 e. The second kappa shape index (κ2) is 9.03. The van der Waals surface area contributed by atoms with Crippen LogP contribution in [-0.2, 0) is 6.54 Å². The second-order valence-corrected chi connectivity index (χ2v) is 5.91. The Morgan fingerprint density at radius 3 is 2.83 bits per heavy atom. The number of aliphatic hydroxyl groups excluding tert-OH is 1. The number of alkyl halides is 2. The van der Waals surface area contributed by atoms with E-state index in [0.717, 1.165) is 37.8 Å². The van der Waals surface area contributed by atoms with Crippen molar-refractivity contribution in [3.8, 4) is 11.5 Å². The van der Waals surface area contributed by atoms with Crippen molar-refractivity contribution in [1.82, 2.24) is 5.32 Å². The number of aliphatic hydroxyl groups is 1. The summed E-state index contributed by atoms with van der Waals surface area (Å²) >= 11 is 0. The predicted molar refractivity (Wildman–Crippen MR) is 83.9 cm³/mol. The normalized spacial score (nSPS) is 21.4. The molecule has 4 nitrogen and oxygen atoms in total. The molecule has 2 N–H and O–H groups in total. The Kier molecular flexibility index (Phi) is 7.05. The summed E-state index contributed by atoms with van der Waals surface area (Å²) in [6.07, 6.45) is 3.78. The highest BCUT2D eigenvalue weighted by atomic mass is 19.3. The van der Waals surface area contributed by atoms with E-state index in [9.17, 15) is 13.9 Å². The van der Waals surface area contributed by atoms with Gasteiger partial charge >= 0.3 is 6.61 Å². The summed E-state index contributed by atoms with van der Waals surface area (Å²) in [5, 5.41) is 13.0. The molecule has 0 amide bonds. The Hall–Kier alpha value is -1.40. The zero-order valence-corrected chi connectivity index (χ0v) is 13.4. The van der Waals surface area contributed by atoms with E-state index in [1.54, 1.807) is 19.1 Å². The minimum absolute atomic E-state index is 0.0565. The van der Waals surface area contributed by atoms with Gasteiger partial charge < -0.3 is 19.9 Å². The predicted octanol–water partition coefficient (Wildman–Crippen LogP) is 3.33. The van der Waals surface area contributed by atoms with Crippen LogP contribution in [0.4, 0.5) is 8.78 Å². The van der Waals surface area contributed by atoms with Crippen molar-refractivity contribution in [3.63, 3.8) is 0 Å². The molecule has 0 spiro atoms. The molecular weight excluding hydrogens is 304 g/mol. The van der Waals surface area contributed by atoms with E-state index >= 15 is 0 Å². The topological polar surface area (TPSA) is 50.7 Å². The van der Waals surface area contributed by atoms with E-state index in [0.29, 0.717) is 24.8 Å². The van der Waals surface area contributed by atoms with Crippen molar-refractivity contribution in [2.24, 2.45) is 5.92 Å². The first kappa shape index (κ1) is 17.9. The molecule has 2 atom stereocenters. The van der Waals surface area contributed by atoms with E-state index in [1.807, 2.05) is 0 Å². The lowest BCUT2D eigenvalue weighted by molar-refractivity contribution is -0.0514. The van der Waals surface area contributed by atoms with Crippen LogP contribution >= 0.6 is 0 Å². The van der Waals surface area contributed by atoms with Gasteiger partial charge in [0.15, 0.2) is 11.5 Å². The van der Waals surface area contributed by atoms with E-state index in [4.69, 9.17) is 4.74 Å². The first-order chi connectivity index (χ1) is 11.1. The second-order valence-electron chi connectivity index (χ2n) is 5.91. The van der Waals surface area contributed by atoms with Crippen LogP contribution in [0.5, 0.6) is 11.5 Å². The van der Waals surface area contributed by atoms with Crippen LogP contribution in [0.1, 0.15) is 38.2 Å². The van der Waals surface area contributed by atoms with Crippen molar-refractivity contribution in [3.05, 3.63) is 23.8 Å². The van der Waals surface area contributed by atoms with Crippen LogP contribution in [0.2, 0.25) is 0 Å². The number of hydrogen-bond donors (Lipinski definition) is 2. The molecule has 1 saturated carbocycles. The molecule has 1 aromatic carbocycles. The van der Waals surface area contributed by atoms with Gasteiger partial charge in [0, 0.05) is 6.54 Å². The first-order valence-electron chi connectivity index (χ1n) is 8.17. The Balaban J connectivity index is 1.88. The Morgan fingerprint density at radius 2 is 2.13 bits per heavy atom. The SMILES string of the molecule is CCOc1cc(CNCC2CCCC(O)C2)ccc1OC(F)F. The molecular formula is C17H25F2NO3. The molecule has 0 radical (unpaired) electrons. The Morgan fingerprint density at radius 1 is 1.30 bits per heavy atom. The highest BCUT2D eigenvalue weighted by Crippen LogP contribution is 2.30. The van der Waals surface area contributed by atoms with E-state index in [2.05, 4.69) is 10.1 Å². The highest BCUT2D eigenvalue weighted by molar-refractivity contribution is 5.43. The summed E-state index contributed by atoms with van der Waals surface area (Å²) in [6.45, 7) is 0.788. The molecule has 0 saturated heterocycles. The lowest BCUT2D eigenvalue weighted by Crippen LogP contribution is -2.28. The lowest BCUT2D eigenvalue weighted by atomic mass is 9.87. The van der Waals surface area contributed by atoms with Crippen LogP contribution < -0.4 is 14.8 Å². The summed E-state index contributed by atoms with van der Waals surface area (Å²) < 4.78 is 34.6. The number of nitrogens with one attached hydrogen (secondary N) is 1. The fourth-order valence-corrected chi connectivity index (χ4v) is 2.99. The molecule has 1 aliphatic rings. The van der Waals surface area contributed by atoms with Crippen LogP contribution in [0.25, 0.3) is 0 Å². The zero-order chi connectivity index (χ0) is 16.7. The van der Waals surface area contributed by atoms with Gasteiger partial charge in [-0.3, -0.25) is 0 Å². The van der Waals surface area contributed by atoms with Gasteiger partial charge in [-0.05, 0) is 56.3 Å². The monoisotopic (exact) mass is 329 g/mol. The Labute approximate surface area is 135 Å². The number of halogens is 2. The number of ether oxygens (including phenoxy) is 2. The third kappa shape index (κ3) is 5.95. The van der Waals surface area contributed by atoms with Gasteiger partial charge in [0.2, 0.25) is 0 Å². The van der Waals surface area contributed by atoms with Gasteiger partial charge in [-0.2, -0.15) is 8.78 Å². The van der Waals surface area contributed by atoms with Gasteiger partial charge in [-0.25, -0.2) is 0 Å². The van der Waals surface area contributed by atoms with E-state index in [1.165, 1.54) is 6.07 Å². The van der Waals surface area contributed by atoms with Crippen LogP contribution in [0.3, 0.4) is 0 Å². The van der Waals surface area contributed by atoms with Gasteiger partial charge in [0.25, 0.3) is 0 Å². The maximum Gasteiger partial charge on any atom is 0.387 e. The number of benzene rings is 1. The third-order valence-corrected chi connectivity index (χ3v) is 4.04. The smallest absolute Gasteiger partial charge is 0.387 e. The van der Waals surface area contributed by atoms with E-state index < -0.39 is 6.61 Å². The summed E-state index contributed by atoms with van der Waals surface area (Å²) in [5.74, 6) is 0.882. The average Bonchev–Trinajstić information content (AvgIpc) is 2.50. The van der Waals surface area contributed by atoms with Crippen molar-refractivity contribution < 1.29 is 23.4 Å². The summed E-state index contributed by atoms with van der Waals surface area (Å²) in [4.78, 5) is 0. The van der Waals surface area contributed by atoms with Crippen LogP contribution in [0.15, 0.2) is 18.2 Å². The largest absolute Gasteiger partial charge is 0.490 e. The van der Waals surface area contributed by atoms with Crippen molar-refractivity contribution in [1.29, 1.82) is 0 Å². The fraction of sp³-hybridized carbons (Fsp3) is 0.647. The summed E-state index contributed by atoms with van der Waals surface area (Å²) in [6, 6.07) is 4.99.